The number of hydrogen-bond donors (Lipinski definition) is 0. The standard InChI is InChI=1S/C24H30Cl2N6.C14H11Cl3N4.ClH/c1-15-14-31(11-8-21(15)30-9-4-5-10-30)22-13-27-23-16(2)29-32(24(23)28-22)17(3)19-7-6-18(25)12-20(19)26;1-7-13-14(19-12(17)6-18-13)21(20-7)8(2)10-4-3-9(15)5-11(10)16;/h6-7,12-13,15,17,21H,4-5,8-11,14H2,1-3H3;3-6,8H,1-2H3;1H/t15-,17-,21+;8-;/m11./s1. The molecule has 2 aliphatic rings. The number of rotatable bonds is 6. The Morgan fingerprint density at radius 2 is 1.22 bits per heavy atom. The minimum absolute atomic E-state index is 0. The van der Waals surface area contributed by atoms with Crippen LogP contribution in [0.3, 0.4) is 0 Å². The van der Waals surface area contributed by atoms with Gasteiger partial charge in [-0.25, -0.2) is 29.3 Å². The molecule has 0 N–H and O–H groups in total. The number of aryl methyl sites for hydroxylation is 2. The van der Waals surface area contributed by atoms with E-state index in [0.717, 1.165) is 58.1 Å². The summed E-state index contributed by atoms with van der Waals surface area (Å²) in [6, 6.07) is 11.5. The van der Waals surface area contributed by atoms with Crippen LogP contribution in [0.2, 0.25) is 25.2 Å². The van der Waals surface area contributed by atoms with Crippen molar-refractivity contribution in [2.75, 3.05) is 31.1 Å². The molecule has 0 saturated carbocycles. The highest BCUT2D eigenvalue weighted by molar-refractivity contribution is 6.35. The Balaban J connectivity index is 0.000000197. The average molecular weight is 852 g/mol. The molecule has 10 nitrogen and oxygen atoms in total. The van der Waals surface area contributed by atoms with Crippen LogP contribution < -0.4 is 4.90 Å². The van der Waals surface area contributed by atoms with Gasteiger partial charge in [0.1, 0.15) is 22.0 Å². The fourth-order valence-electron chi connectivity index (χ4n) is 7.66. The van der Waals surface area contributed by atoms with Crippen molar-refractivity contribution in [3.63, 3.8) is 0 Å². The molecule has 0 aliphatic carbocycles. The highest BCUT2D eigenvalue weighted by atomic mass is 35.5. The van der Waals surface area contributed by atoms with Crippen molar-refractivity contribution in [1.29, 1.82) is 0 Å². The first-order chi connectivity index (χ1) is 25.4. The van der Waals surface area contributed by atoms with Gasteiger partial charge in [0.15, 0.2) is 11.3 Å². The van der Waals surface area contributed by atoms with Crippen LogP contribution in [0.5, 0.6) is 0 Å². The van der Waals surface area contributed by atoms with E-state index in [1.165, 1.54) is 38.5 Å². The molecular weight excluding hydrogens is 809 g/mol. The van der Waals surface area contributed by atoms with E-state index in [4.69, 9.17) is 73.1 Å². The van der Waals surface area contributed by atoms with E-state index in [1.54, 1.807) is 22.9 Å². The van der Waals surface area contributed by atoms with E-state index >= 15 is 0 Å². The summed E-state index contributed by atoms with van der Waals surface area (Å²) in [4.78, 5) is 23.5. The van der Waals surface area contributed by atoms with Crippen molar-refractivity contribution in [3.05, 3.63) is 96.6 Å². The minimum Gasteiger partial charge on any atom is -0.355 e. The van der Waals surface area contributed by atoms with E-state index in [9.17, 15) is 0 Å². The third-order valence-electron chi connectivity index (χ3n) is 10.5. The van der Waals surface area contributed by atoms with Crippen LogP contribution >= 0.6 is 70.4 Å². The molecule has 8 rings (SSSR count). The normalized spacial score (nSPS) is 18.7. The lowest BCUT2D eigenvalue weighted by Gasteiger charge is -2.41. The van der Waals surface area contributed by atoms with Gasteiger partial charge in [0.25, 0.3) is 0 Å². The molecule has 4 atom stereocenters. The van der Waals surface area contributed by atoms with Crippen molar-refractivity contribution >= 4 is 98.6 Å². The lowest BCUT2D eigenvalue weighted by Crippen LogP contribution is -2.49. The zero-order valence-electron chi connectivity index (χ0n) is 30.6. The summed E-state index contributed by atoms with van der Waals surface area (Å²) in [5.41, 5.74) is 6.55. The highest BCUT2D eigenvalue weighted by Crippen LogP contribution is 2.33. The van der Waals surface area contributed by atoms with Crippen LogP contribution in [0, 0.1) is 19.8 Å². The predicted molar refractivity (Wildman–Crippen MR) is 224 cm³/mol. The Labute approximate surface area is 346 Å². The van der Waals surface area contributed by atoms with Crippen molar-refractivity contribution < 1.29 is 0 Å². The van der Waals surface area contributed by atoms with Gasteiger partial charge in [-0.2, -0.15) is 10.2 Å². The van der Waals surface area contributed by atoms with Crippen LogP contribution in [0.25, 0.3) is 22.3 Å². The average Bonchev–Trinajstić information content (AvgIpc) is 3.86. The van der Waals surface area contributed by atoms with E-state index in [0.29, 0.717) is 42.9 Å². The quantitative estimate of drug-likeness (QED) is 0.164. The number of nitrogens with zero attached hydrogens (tertiary/aromatic N) is 10. The molecule has 0 amide bonds. The van der Waals surface area contributed by atoms with Crippen molar-refractivity contribution in [2.24, 2.45) is 5.92 Å². The van der Waals surface area contributed by atoms with Crippen molar-refractivity contribution in [2.45, 2.75) is 72.0 Å². The predicted octanol–water partition coefficient (Wildman–Crippen LogP) is 10.5. The molecular formula is C38H42Cl6N10. The van der Waals surface area contributed by atoms with Gasteiger partial charge in [-0.1, -0.05) is 77.1 Å². The molecule has 6 aromatic rings. The van der Waals surface area contributed by atoms with Gasteiger partial charge in [0.2, 0.25) is 0 Å². The fourth-order valence-corrected chi connectivity index (χ4v) is 8.93. The topological polar surface area (TPSA) is 93.7 Å². The van der Waals surface area contributed by atoms with Gasteiger partial charge in [0.05, 0.1) is 35.9 Å². The Morgan fingerprint density at radius 3 is 1.74 bits per heavy atom. The zero-order valence-corrected chi connectivity index (χ0v) is 35.2. The summed E-state index contributed by atoms with van der Waals surface area (Å²) in [5.74, 6) is 1.54. The first kappa shape index (κ1) is 40.7. The van der Waals surface area contributed by atoms with E-state index in [-0.39, 0.29) is 24.5 Å². The second-order valence-electron chi connectivity index (χ2n) is 14.0. The largest absolute Gasteiger partial charge is 0.355 e. The number of piperidine rings is 1. The fraction of sp³-hybridized carbons (Fsp3) is 0.421. The summed E-state index contributed by atoms with van der Waals surface area (Å²) in [6.07, 6.45) is 7.28. The van der Waals surface area contributed by atoms with Crippen molar-refractivity contribution in [3.8, 4) is 0 Å². The number of benzene rings is 2. The summed E-state index contributed by atoms with van der Waals surface area (Å²) >= 11 is 30.8. The molecule has 286 valence electrons. The third-order valence-corrected chi connectivity index (χ3v) is 11.8. The molecule has 4 aromatic heterocycles. The number of likely N-dealkylation sites (tertiary alicyclic amines) is 1. The van der Waals surface area contributed by atoms with Gasteiger partial charge in [-0.3, -0.25) is 4.90 Å². The Kier molecular flexibility index (Phi) is 12.8. The smallest absolute Gasteiger partial charge is 0.179 e. The Bertz CT molecular complexity index is 2270. The summed E-state index contributed by atoms with van der Waals surface area (Å²) in [7, 11) is 0. The minimum atomic E-state index is -0.112. The molecule has 2 aromatic carbocycles. The molecule has 0 radical (unpaired) electrons. The number of hydrogen-bond acceptors (Lipinski definition) is 8. The molecule has 2 saturated heterocycles. The Hall–Kier alpha value is -2.96. The van der Waals surface area contributed by atoms with Crippen LogP contribution in [-0.2, 0) is 0 Å². The Morgan fingerprint density at radius 1 is 0.704 bits per heavy atom. The molecule has 0 spiro atoms. The first-order valence-electron chi connectivity index (χ1n) is 17.9. The zero-order chi connectivity index (χ0) is 37.6. The van der Waals surface area contributed by atoms with Crippen LogP contribution in [0.4, 0.5) is 5.82 Å². The maximum absolute atomic E-state index is 6.49. The molecule has 0 bridgehead atoms. The molecule has 54 heavy (non-hydrogen) atoms. The summed E-state index contributed by atoms with van der Waals surface area (Å²) < 4.78 is 3.72. The number of anilines is 1. The monoisotopic (exact) mass is 848 g/mol. The van der Waals surface area contributed by atoms with E-state index < -0.39 is 0 Å². The van der Waals surface area contributed by atoms with Gasteiger partial charge in [-0.15, -0.1) is 12.4 Å². The van der Waals surface area contributed by atoms with Crippen LogP contribution in [0.1, 0.15) is 74.6 Å². The second-order valence-corrected chi connectivity index (χ2v) is 16.1. The van der Waals surface area contributed by atoms with Gasteiger partial charge in [-0.05, 0) is 101 Å². The van der Waals surface area contributed by atoms with Gasteiger partial charge < -0.3 is 4.90 Å². The van der Waals surface area contributed by atoms with E-state index in [1.807, 2.05) is 49.8 Å². The molecule has 2 aliphatic heterocycles. The number of aromatic nitrogens is 8. The summed E-state index contributed by atoms with van der Waals surface area (Å²) in [5, 5.41) is 12.1. The second kappa shape index (κ2) is 17.0. The van der Waals surface area contributed by atoms with Crippen LogP contribution in [0.15, 0.2) is 48.8 Å². The van der Waals surface area contributed by atoms with E-state index in [2.05, 4.69) is 38.7 Å². The lowest BCUT2D eigenvalue weighted by atomic mass is 9.92. The summed E-state index contributed by atoms with van der Waals surface area (Å²) in [6.45, 7) is 14.8. The molecule has 16 heteroatoms. The lowest BCUT2D eigenvalue weighted by molar-refractivity contribution is 0.158. The van der Waals surface area contributed by atoms with Gasteiger partial charge >= 0.3 is 0 Å². The number of fused-ring (bicyclic) bond motifs is 2. The highest BCUT2D eigenvalue weighted by Gasteiger charge is 2.33. The van der Waals surface area contributed by atoms with Gasteiger partial charge in [0, 0.05) is 39.2 Å². The molecule has 0 unspecified atom stereocenters. The number of halogens is 6. The van der Waals surface area contributed by atoms with Crippen LogP contribution in [-0.4, -0.2) is 76.6 Å². The molecule has 2 fully saturated rings. The molecule has 6 heterocycles. The maximum Gasteiger partial charge on any atom is 0.179 e. The first-order valence-corrected chi connectivity index (χ1v) is 19.8. The third kappa shape index (κ3) is 8.26. The maximum atomic E-state index is 6.49. The SMILES string of the molecule is Cc1nn([C@H](C)c2ccc(Cl)cc2Cl)c2nc(Cl)cnc12.Cc1nn([C@H](C)c2ccc(Cl)cc2Cl)c2nc(N3CC[C@H](N4CCCC4)[C@H](C)C3)cnc12.Cl. The van der Waals surface area contributed by atoms with Crippen molar-refractivity contribution in [1.82, 2.24) is 44.4 Å².